The van der Waals surface area contributed by atoms with Crippen molar-refractivity contribution in [1.82, 2.24) is 15.5 Å². The number of benzene rings is 2. The van der Waals surface area contributed by atoms with Gasteiger partial charge < -0.3 is 10.6 Å². The van der Waals surface area contributed by atoms with Gasteiger partial charge in [-0.2, -0.15) is 0 Å². The Bertz CT molecular complexity index is 921. The van der Waals surface area contributed by atoms with E-state index < -0.39 is 12.1 Å². The molecule has 1 aliphatic rings. The van der Waals surface area contributed by atoms with Crippen molar-refractivity contribution < 1.29 is 14.4 Å². The Morgan fingerprint density at radius 3 is 2.55 bits per heavy atom. The van der Waals surface area contributed by atoms with Crippen molar-refractivity contribution >= 4 is 41.0 Å². The summed E-state index contributed by atoms with van der Waals surface area (Å²) in [5, 5.41) is 6.32. The predicted octanol–water partition coefficient (Wildman–Crippen LogP) is 4.07. The van der Waals surface area contributed by atoms with Crippen LogP contribution in [0.5, 0.6) is 0 Å². The Morgan fingerprint density at radius 2 is 1.86 bits per heavy atom. The molecule has 0 radical (unpaired) electrons. The first-order valence-electron chi connectivity index (χ1n) is 9.26. The zero-order chi connectivity index (χ0) is 21.0. The predicted molar refractivity (Wildman–Crippen MR) is 112 cm³/mol. The second-order valence-corrected chi connectivity index (χ2v) is 7.68. The number of imide groups is 1. The molecule has 1 fully saturated rings. The number of nitrogens with zero attached hydrogens (tertiary/aromatic N) is 1. The molecular weight excluding hydrogens is 413 g/mol. The van der Waals surface area contributed by atoms with E-state index in [1.807, 2.05) is 30.3 Å². The number of urea groups is 1. The molecule has 1 saturated heterocycles. The van der Waals surface area contributed by atoms with Crippen LogP contribution in [0.3, 0.4) is 0 Å². The molecule has 6 nitrogen and oxygen atoms in total. The number of hydrogen-bond donors (Lipinski definition) is 2. The maximum absolute atomic E-state index is 12.7. The van der Waals surface area contributed by atoms with E-state index in [1.54, 1.807) is 25.1 Å². The van der Waals surface area contributed by atoms with Gasteiger partial charge in [-0.3, -0.25) is 14.5 Å². The van der Waals surface area contributed by atoms with Gasteiger partial charge >= 0.3 is 6.03 Å². The van der Waals surface area contributed by atoms with E-state index in [0.29, 0.717) is 16.6 Å². The highest BCUT2D eigenvalue weighted by molar-refractivity contribution is 6.42. The van der Waals surface area contributed by atoms with Gasteiger partial charge in [0.25, 0.3) is 5.91 Å². The van der Waals surface area contributed by atoms with Crippen LogP contribution in [-0.2, 0) is 16.1 Å². The van der Waals surface area contributed by atoms with Crippen LogP contribution in [0, 0.1) is 0 Å². The standard InChI is InChI=1S/C21H21Cl2N3O3/c1-13(15-5-3-2-4-6-15)26-20(28)18(25-21(26)29)9-10-19(27)24-12-14-7-8-16(22)17(23)11-14/h2-8,11,13,18H,9-10,12H2,1H3,(H,24,27)(H,25,29)/t13-,18+/m0/s1. The van der Waals surface area contributed by atoms with Crippen LogP contribution in [0.15, 0.2) is 48.5 Å². The summed E-state index contributed by atoms with van der Waals surface area (Å²) in [6, 6.07) is 13.0. The minimum absolute atomic E-state index is 0.117. The first-order chi connectivity index (χ1) is 13.9. The van der Waals surface area contributed by atoms with Gasteiger partial charge in [0.2, 0.25) is 5.91 Å². The monoisotopic (exact) mass is 433 g/mol. The normalized spacial score (nSPS) is 17.2. The average molecular weight is 434 g/mol. The van der Waals surface area contributed by atoms with Crippen LogP contribution in [-0.4, -0.2) is 28.8 Å². The third-order valence-corrected chi connectivity index (χ3v) is 5.59. The van der Waals surface area contributed by atoms with Crippen molar-refractivity contribution in [2.75, 3.05) is 0 Å². The number of amides is 4. The minimum Gasteiger partial charge on any atom is -0.352 e. The van der Waals surface area contributed by atoms with E-state index in [4.69, 9.17) is 23.2 Å². The molecule has 152 valence electrons. The molecule has 3 rings (SSSR count). The third-order valence-electron chi connectivity index (χ3n) is 4.86. The largest absolute Gasteiger partial charge is 0.352 e. The molecule has 0 unspecified atom stereocenters. The SMILES string of the molecule is C[C@@H](c1ccccc1)N1C(=O)N[C@H](CCC(=O)NCc2ccc(Cl)c(Cl)c2)C1=O. The molecule has 1 aliphatic heterocycles. The summed E-state index contributed by atoms with van der Waals surface area (Å²) in [5.74, 6) is -0.531. The Balaban J connectivity index is 1.51. The van der Waals surface area contributed by atoms with Crippen LogP contribution >= 0.6 is 23.2 Å². The average Bonchev–Trinajstić information content (AvgIpc) is 3.00. The van der Waals surface area contributed by atoms with Crippen molar-refractivity contribution in [3.05, 3.63) is 69.7 Å². The zero-order valence-corrected chi connectivity index (χ0v) is 17.3. The van der Waals surface area contributed by atoms with Gasteiger partial charge in [-0.1, -0.05) is 59.6 Å². The number of nitrogens with one attached hydrogen (secondary N) is 2. The Kier molecular flexibility index (Phi) is 6.77. The molecule has 29 heavy (non-hydrogen) atoms. The van der Waals surface area contributed by atoms with Gasteiger partial charge in [0.05, 0.1) is 16.1 Å². The summed E-state index contributed by atoms with van der Waals surface area (Å²) < 4.78 is 0. The van der Waals surface area contributed by atoms with Crippen molar-refractivity contribution in [3.8, 4) is 0 Å². The van der Waals surface area contributed by atoms with E-state index in [0.717, 1.165) is 11.1 Å². The lowest BCUT2D eigenvalue weighted by Crippen LogP contribution is -2.34. The third kappa shape index (κ3) is 5.08. The zero-order valence-electron chi connectivity index (χ0n) is 15.8. The van der Waals surface area contributed by atoms with Gasteiger partial charge in [-0.15, -0.1) is 0 Å². The maximum atomic E-state index is 12.7. The molecule has 0 spiro atoms. The molecule has 2 N–H and O–H groups in total. The first-order valence-corrected chi connectivity index (χ1v) is 10.0. The number of halogens is 2. The number of carbonyl (C=O) groups excluding carboxylic acids is 3. The molecule has 4 amide bonds. The summed E-state index contributed by atoms with van der Waals surface area (Å²) >= 11 is 11.8. The van der Waals surface area contributed by atoms with Gasteiger partial charge in [-0.25, -0.2) is 4.79 Å². The smallest absolute Gasteiger partial charge is 0.325 e. The van der Waals surface area contributed by atoms with E-state index in [-0.39, 0.29) is 30.7 Å². The summed E-state index contributed by atoms with van der Waals surface area (Å²) in [5.41, 5.74) is 1.69. The highest BCUT2D eigenvalue weighted by Gasteiger charge is 2.40. The highest BCUT2D eigenvalue weighted by atomic mass is 35.5. The van der Waals surface area contributed by atoms with Crippen LogP contribution in [0.25, 0.3) is 0 Å². The maximum Gasteiger partial charge on any atom is 0.325 e. The summed E-state index contributed by atoms with van der Waals surface area (Å²) in [4.78, 5) is 38.3. The second-order valence-electron chi connectivity index (χ2n) is 6.86. The molecule has 0 saturated carbocycles. The number of hydrogen-bond acceptors (Lipinski definition) is 3. The lowest BCUT2D eigenvalue weighted by atomic mass is 10.1. The number of rotatable bonds is 7. The molecule has 2 atom stereocenters. The van der Waals surface area contributed by atoms with Crippen LogP contribution < -0.4 is 10.6 Å². The van der Waals surface area contributed by atoms with Crippen LogP contribution in [0.2, 0.25) is 10.0 Å². The molecule has 0 bridgehead atoms. The lowest BCUT2D eigenvalue weighted by Gasteiger charge is -2.21. The lowest BCUT2D eigenvalue weighted by molar-refractivity contribution is -0.129. The van der Waals surface area contributed by atoms with Gasteiger partial charge in [0.15, 0.2) is 0 Å². The summed E-state index contributed by atoms with van der Waals surface area (Å²) in [7, 11) is 0. The van der Waals surface area contributed by atoms with Gasteiger partial charge in [-0.05, 0) is 36.6 Å². The fraction of sp³-hybridized carbons (Fsp3) is 0.286. The minimum atomic E-state index is -0.704. The molecule has 2 aromatic carbocycles. The highest BCUT2D eigenvalue weighted by Crippen LogP contribution is 2.25. The molecular formula is C21H21Cl2N3O3. The van der Waals surface area contributed by atoms with Crippen molar-refractivity contribution in [1.29, 1.82) is 0 Å². The van der Waals surface area contributed by atoms with E-state index in [9.17, 15) is 14.4 Å². The summed E-state index contributed by atoms with van der Waals surface area (Å²) in [6.45, 7) is 2.11. The fourth-order valence-corrected chi connectivity index (χ4v) is 3.53. The van der Waals surface area contributed by atoms with Gasteiger partial charge in [0.1, 0.15) is 6.04 Å². The van der Waals surface area contributed by atoms with Crippen molar-refractivity contribution in [2.24, 2.45) is 0 Å². The number of carbonyl (C=O) groups is 3. The van der Waals surface area contributed by atoms with Crippen molar-refractivity contribution in [3.63, 3.8) is 0 Å². The first kappa shape index (κ1) is 21.1. The molecule has 1 heterocycles. The Labute approximate surface area is 179 Å². The topological polar surface area (TPSA) is 78.5 Å². The Morgan fingerprint density at radius 1 is 1.14 bits per heavy atom. The van der Waals surface area contributed by atoms with Crippen LogP contribution in [0.4, 0.5) is 4.79 Å². The van der Waals surface area contributed by atoms with E-state index in [1.165, 1.54) is 4.90 Å². The van der Waals surface area contributed by atoms with Gasteiger partial charge in [0, 0.05) is 13.0 Å². The molecule has 0 aromatic heterocycles. The van der Waals surface area contributed by atoms with E-state index >= 15 is 0 Å². The second kappa shape index (κ2) is 9.29. The molecule has 8 heteroatoms. The van der Waals surface area contributed by atoms with Crippen molar-refractivity contribution in [2.45, 2.75) is 38.4 Å². The fourth-order valence-electron chi connectivity index (χ4n) is 3.21. The van der Waals surface area contributed by atoms with E-state index in [2.05, 4.69) is 10.6 Å². The quantitative estimate of drug-likeness (QED) is 0.645. The Hall–Kier alpha value is -2.57. The summed E-state index contributed by atoms with van der Waals surface area (Å²) in [6.07, 6.45) is 0.349. The van der Waals surface area contributed by atoms with Crippen LogP contribution in [0.1, 0.15) is 36.9 Å². The molecule has 0 aliphatic carbocycles. The molecule has 2 aromatic rings.